The summed E-state index contributed by atoms with van der Waals surface area (Å²) < 4.78 is 10.5. The van der Waals surface area contributed by atoms with Crippen molar-refractivity contribution < 1.29 is 9.47 Å². The van der Waals surface area contributed by atoms with Gasteiger partial charge >= 0.3 is 0 Å². The number of hydrogen-bond acceptors (Lipinski definition) is 5. The zero-order chi connectivity index (χ0) is 14.5. The first-order valence-corrected chi connectivity index (χ1v) is 7.88. The Morgan fingerprint density at radius 3 is 2.57 bits per heavy atom. The van der Waals surface area contributed by atoms with Crippen LogP contribution in [0.25, 0.3) is 0 Å². The lowest BCUT2D eigenvalue weighted by Gasteiger charge is -2.40. The Balaban J connectivity index is 1.46. The van der Waals surface area contributed by atoms with Gasteiger partial charge in [0.1, 0.15) is 0 Å². The van der Waals surface area contributed by atoms with E-state index in [9.17, 15) is 0 Å². The highest BCUT2D eigenvalue weighted by atomic mass is 16.5. The molecule has 21 heavy (non-hydrogen) atoms. The number of pyridine rings is 1. The number of likely N-dealkylation sites (tertiary alicyclic amines) is 1. The van der Waals surface area contributed by atoms with Gasteiger partial charge in [0.25, 0.3) is 0 Å². The van der Waals surface area contributed by atoms with E-state index in [1.54, 1.807) is 7.11 Å². The van der Waals surface area contributed by atoms with Crippen molar-refractivity contribution in [3.05, 3.63) is 23.9 Å². The lowest BCUT2D eigenvalue weighted by molar-refractivity contribution is 0.000222. The highest BCUT2D eigenvalue weighted by molar-refractivity contribution is 5.17. The molecule has 2 aliphatic heterocycles. The van der Waals surface area contributed by atoms with Gasteiger partial charge in [-0.2, -0.15) is 0 Å². The molecule has 2 saturated heterocycles. The zero-order valence-electron chi connectivity index (χ0n) is 12.8. The van der Waals surface area contributed by atoms with Crippen molar-refractivity contribution in [1.29, 1.82) is 0 Å². The number of ether oxygens (including phenoxy) is 2. The molecule has 0 aromatic carbocycles. The van der Waals surface area contributed by atoms with Crippen LogP contribution in [-0.2, 0) is 11.3 Å². The predicted octanol–water partition coefficient (Wildman–Crippen LogP) is 1.39. The first-order valence-electron chi connectivity index (χ1n) is 7.88. The Morgan fingerprint density at radius 1 is 1.19 bits per heavy atom. The molecule has 3 heterocycles. The monoisotopic (exact) mass is 291 g/mol. The summed E-state index contributed by atoms with van der Waals surface area (Å²) in [4.78, 5) is 9.42. The van der Waals surface area contributed by atoms with E-state index in [1.165, 1.54) is 31.5 Å². The average molecular weight is 291 g/mol. The van der Waals surface area contributed by atoms with Gasteiger partial charge in [-0.25, -0.2) is 4.98 Å². The number of morpholine rings is 1. The molecule has 0 N–H and O–H groups in total. The molecule has 0 amide bonds. The highest BCUT2D eigenvalue weighted by Crippen LogP contribution is 2.19. The van der Waals surface area contributed by atoms with Crippen LogP contribution in [0.4, 0.5) is 0 Å². The third kappa shape index (κ3) is 3.93. The van der Waals surface area contributed by atoms with Gasteiger partial charge in [0.05, 0.1) is 20.3 Å². The molecule has 5 heteroatoms. The molecule has 0 radical (unpaired) electrons. The van der Waals surface area contributed by atoms with Crippen LogP contribution < -0.4 is 4.74 Å². The maximum atomic E-state index is 5.44. The molecule has 2 aliphatic rings. The van der Waals surface area contributed by atoms with Crippen molar-refractivity contribution in [2.75, 3.05) is 46.5 Å². The maximum absolute atomic E-state index is 5.44. The van der Waals surface area contributed by atoms with Crippen molar-refractivity contribution >= 4 is 0 Å². The lowest BCUT2D eigenvalue weighted by Crippen LogP contribution is -2.48. The van der Waals surface area contributed by atoms with E-state index < -0.39 is 0 Å². The summed E-state index contributed by atoms with van der Waals surface area (Å²) in [6.07, 6.45) is 4.46. The van der Waals surface area contributed by atoms with E-state index in [2.05, 4.69) is 20.9 Å². The summed E-state index contributed by atoms with van der Waals surface area (Å²) in [7, 11) is 1.65. The zero-order valence-corrected chi connectivity index (χ0v) is 12.8. The minimum Gasteiger partial charge on any atom is -0.481 e. The molecule has 2 fully saturated rings. The van der Waals surface area contributed by atoms with Crippen LogP contribution in [0.3, 0.4) is 0 Å². The second-order valence-electron chi connectivity index (χ2n) is 5.86. The Labute approximate surface area is 126 Å². The topological polar surface area (TPSA) is 37.8 Å². The highest BCUT2D eigenvalue weighted by Gasteiger charge is 2.25. The van der Waals surface area contributed by atoms with Crippen molar-refractivity contribution in [3.63, 3.8) is 0 Å². The summed E-state index contributed by atoms with van der Waals surface area (Å²) in [5, 5.41) is 0. The van der Waals surface area contributed by atoms with E-state index in [0.717, 1.165) is 38.9 Å². The van der Waals surface area contributed by atoms with Crippen LogP contribution in [0.2, 0.25) is 0 Å². The molecule has 1 aromatic rings. The van der Waals surface area contributed by atoms with Crippen molar-refractivity contribution in [3.8, 4) is 5.88 Å². The van der Waals surface area contributed by atoms with E-state index in [4.69, 9.17) is 9.47 Å². The fourth-order valence-electron chi connectivity index (χ4n) is 3.27. The Hall–Kier alpha value is -1.17. The van der Waals surface area contributed by atoms with Crippen LogP contribution in [-0.4, -0.2) is 67.3 Å². The van der Waals surface area contributed by atoms with Gasteiger partial charge in [-0.3, -0.25) is 9.80 Å². The number of methoxy groups -OCH3 is 1. The summed E-state index contributed by atoms with van der Waals surface area (Å²) in [5.41, 5.74) is 1.26. The molecule has 0 saturated carbocycles. The van der Waals surface area contributed by atoms with Crippen LogP contribution in [0, 0.1) is 0 Å². The van der Waals surface area contributed by atoms with Crippen molar-refractivity contribution in [2.24, 2.45) is 0 Å². The Bertz CT molecular complexity index is 424. The molecule has 0 atom stereocenters. The summed E-state index contributed by atoms with van der Waals surface area (Å²) >= 11 is 0. The molecule has 0 aliphatic carbocycles. The molecule has 0 bridgehead atoms. The number of rotatable bonds is 4. The van der Waals surface area contributed by atoms with Crippen LogP contribution in [0.5, 0.6) is 5.88 Å². The molecule has 0 spiro atoms. The van der Waals surface area contributed by atoms with Gasteiger partial charge in [0.15, 0.2) is 0 Å². The molecule has 0 unspecified atom stereocenters. The SMILES string of the molecule is COc1ccc(CN2CCC(N3CCOCC3)CC2)cn1. The van der Waals surface area contributed by atoms with Crippen molar-refractivity contribution in [2.45, 2.75) is 25.4 Å². The third-order valence-corrected chi connectivity index (χ3v) is 4.53. The second-order valence-corrected chi connectivity index (χ2v) is 5.86. The minimum absolute atomic E-state index is 0.685. The van der Waals surface area contributed by atoms with Gasteiger partial charge in [0, 0.05) is 37.9 Å². The van der Waals surface area contributed by atoms with Gasteiger partial charge in [-0.05, 0) is 31.5 Å². The molecular weight excluding hydrogens is 266 g/mol. The molecule has 1 aromatic heterocycles. The Kier molecular flexibility index (Phi) is 5.06. The average Bonchev–Trinajstić information content (AvgIpc) is 2.57. The Morgan fingerprint density at radius 2 is 1.95 bits per heavy atom. The van der Waals surface area contributed by atoms with E-state index in [1.807, 2.05) is 12.3 Å². The number of aromatic nitrogens is 1. The van der Waals surface area contributed by atoms with E-state index >= 15 is 0 Å². The number of nitrogens with zero attached hydrogens (tertiary/aromatic N) is 3. The molecular formula is C16H25N3O2. The molecule has 3 rings (SSSR count). The van der Waals surface area contributed by atoms with Gasteiger partial charge in [-0.1, -0.05) is 6.07 Å². The van der Waals surface area contributed by atoms with Crippen molar-refractivity contribution in [1.82, 2.24) is 14.8 Å². The fourth-order valence-corrected chi connectivity index (χ4v) is 3.27. The predicted molar refractivity (Wildman–Crippen MR) is 81.5 cm³/mol. The van der Waals surface area contributed by atoms with Gasteiger partial charge in [-0.15, -0.1) is 0 Å². The normalized spacial score (nSPS) is 22.3. The lowest BCUT2D eigenvalue weighted by atomic mass is 10.0. The van der Waals surface area contributed by atoms with Crippen LogP contribution >= 0.6 is 0 Å². The maximum Gasteiger partial charge on any atom is 0.212 e. The second kappa shape index (κ2) is 7.20. The minimum atomic E-state index is 0.685. The van der Waals surface area contributed by atoms with E-state index in [-0.39, 0.29) is 0 Å². The van der Waals surface area contributed by atoms with Gasteiger partial charge < -0.3 is 9.47 Å². The largest absolute Gasteiger partial charge is 0.481 e. The summed E-state index contributed by atoms with van der Waals surface area (Å²) in [5.74, 6) is 0.685. The van der Waals surface area contributed by atoms with E-state index in [0.29, 0.717) is 5.88 Å². The standard InChI is InChI=1S/C16H25N3O2/c1-20-16-3-2-14(12-17-16)13-18-6-4-15(5-7-18)19-8-10-21-11-9-19/h2-3,12,15H,4-11,13H2,1H3. The quantitative estimate of drug-likeness (QED) is 0.838. The third-order valence-electron chi connectivity index (χ3n) is 4.53. The fraction of sp³-hybridized carbons (Fsp3) is 0.688. The number of hydrogen-bond donors (Lipinski definition) is 0. The number of piperidine rings is 1. The molecule has 116 valence electrons. The molecule has 5 nitrogen and oxygen atoms in total. The van der Waals surface area contributed by atoms with Gasteiger partial charge in [0.2, 0.25) is 5.88 Å². The smallest absolute Gasteiger partial charge is 0.212 e. The summed E-state index contributed by atoms with van der Waals surface area (Å²) in [6.45, 7) is 7.35. The summed E-state index contributed by atoms with van der Waals surface area (Å²) in [6, 6.07) is 4.80. The first-order chi connectivity index (χ1) is 10.3. The first kappa shape index (κ1) is 14.8. The van der Waals surface area contributed by atoms with Crippen LogP contribution in [0.15, 0.2) is 18.3 Å². The van der Waals surface area contributed by atoms with Crippen LogP contribution in [0.1, 0.15) is 18.4 Å².